The Kier molecular flexibility index (Phi) is 15.5. The quantitative estimate of drug-likeness (QED) is 0.163. The van der Waals surface area contributed by atoms with Crippen LogP contribution in [0.4, 0.5) is 0 Å². The maximum atomic E-state index is 12.5. The van der Waals surface area contributed by atoms with E-state index in [-0.39, 0.29) is 22.3 Å². The van der Waals surface area contributed by atoms with Gasteiger partial charge in [-0.05, 0) is 20.3 Å². The number of phenols is 2. The number of rotatable bonds is 21. The molecule has 4 heteroatoms. The molecule has 0 bridgehead atoms. The molecule has 0 fully saturated rings. The summed E-state index contributed by atoms with van der Waals surface area (Å²) >= 11 is 0. The van der Waals surface area contributed by atoms with Crippen LogP contribution in [-0.2, 0) is 6.42 Å². The summed E-state index contributed by atoms with van der Waals surface area (Å²) in [6.45, 7) is 5.60. The van der Waals surface area contributed by atoms with E-state index in [1.807, 2.05) is 0 Å². The van der Waals surface area contributed by atoms with Crippen LogP contribution in [0.3, 0.4) is 0 Å². The third kappa shape index (κ3) is 11.1. The van der Waals surface area contributed by atoms with Gasteiger partial charge in [-0.15, -0.1) is 0 Å². The van der Waals surface area contributed by atoms with E-state index >= 15 is 0 Å². The number of hydrogen-bond acceptors (Lipinski definition) is 4. The standard InChI is InChI=1S/C33H54O4/c1-4-5-6-7-8-9-10-11-12-13-14-15-16-17-18-19-20-21-22-23-24-28-25-29(34)30-32(36)26(2)31(35)27(3)33(30)37-28/h25,35-36H,4-24H2,1-3H3. The molecule has 37 heavy (non-hydrogen) atoms. The first-order chi connectivity index (χ1) is 18.0. The zero-order chi connectivity index (χ0) is 26.9. The molecule has 0 spiro atoms. The fraction of sp³-hybridized carbons (Fsp3) is 0.727. The van der Waals surface area contributed by atoms with Crippen molar-refractivity contribution in [2.75, 3.05) is 0 Å². The van der Waals surface area contributed by atoms with Gasteiger partial charge in [0.25, 0.3) is 0 Å². The van der Waals surface area contributed by atoms with Crippen molar-refractivity contribution in [2.24, 2.45) is 0 Å². The second-order valence-electron chi connectivity index (χ2n) is 11.2. The summed E-state index contributed by atoms with van der Waals surface area (Å²) in [7, 11) is 0. The number of hydrogen-bond donors (Lipinski definition) is 2. The Bertz CT molecular complexity index is 959. The van der Waals surface area contributed by atoms with Gasteiger partial charge < -0.3 is 14.6 Å². The number of aromatic hydroxyl groups is 2. The molecule has 2 rings (SSSR count). The van der Waals surface area contributed by atoms with Crippen LogP contribution in [0.5, 0.6) is 11.5 Å². The first-order valence-corrected chi connectivity index (χ1v) is 15.4. The first kappa shape index (κ1) is 31.2. The number of unbranched alkanes of at least 4 members (excludes halogenated alkanes) is 19. The predicted molar refractivity (Wildman–Crippen MR) is 157 cm³/mol. The van der Waals surface area contributed by atoms with E-state index in [0.29, 0.717) is 28.9 Å². The summed E-state index contributed by atoms with van der Waals surface area (Å²) in [5.41, 5.74) is 0.885. The molecule has 0 saturated carbocycles. The number of aryl methyl sites for hydroxylation is 2. The molecule has 0 aliphatic heterocycles. The molecule has 1 aromatic carbocycles. The van der Waals surface area contributed by atoms with Gasteiger partial charge in [0.2, 0.25) is 0 Å². The minimum atomic E-state index is -0.242. The molecule has 210 valence electrons. The van der Waals surface area contributed by atoms with Gasteiger partial charge in [0.1, 0.15) is 28.2 Å². The van der Waals surface area contributed by atoms with E-state index in [0.717, 1.165) is 12.8 Å². The minimum Gasteiger partial charge on any atom is -0.507 e. The van der Waals surface area contributed by atoms with Crippen LogP contribution in [0.15, 0.2) is 15.3 Å². The van der Waals surface area contributed by atoms with Crippen LogP contribution in [0.2, 0.25) is 0 Å². The maximum absolute atomic E-state index is 12.5. The van der Waals surface area contributed by atoms with Crippen molar-refractivity contribution in [3.63, 3.8) is 0 Å². The zero-order valence-corrected chi connectivity index (χ0v) is 24.1. The summed E-state index contributed by atoms with van der Waals surface area (Å²) in [6, 6.07) is 1.49. The lowest BCUT2D eigenvalue weighted by molar-refractivity contribution is 0.439. The Morgan fingerprint density at radius 3 is 1.43 bits per heavy atom. The van der Waals surface area contributed by atoms with Crippen molar-refractivity contribution in [3.8, 4) is 11.5 Å². The summed E-state index contributed by atoms with van der Waals surface area (Å²) in [4.78, 5) is 12.5. The molecule has 0 aliphatic rings. The molecule has 0 atom stereocenters. The fourth-order valence-corrected chi connectivity index (χ4v) is 5.40. The van der Waals surface area contributed by atoms with Crippen molar-refractivity contribution in [3.05, 3.63) is 33.2 Å². The van der Waals surface area contributed by atoms with E-state index in [4.69, 9.17) is 4.42 Å². The third-order valence-corrected chi connectivity index (χ3v) is 7.92. The van der Waals surface area contributed by atoms with E-state index in [1.54, 1.807) is 13.8 Å². The molecule has 0 unspecified atom stereocenters. The minimum absolute atomic E-state index is 0.0101. The van der Waals surface area contributed by atoms with Gasteiger partial charge in [-0.2, -0.15) is 0 Å². The fourth-order valence-electron chi connectivity index (χ4n) is 5.40. The Balaban J connectivity index is 1.45. The second-order valence-corrected chi connectivity index (χ2v) is 11.2. The highest BCUT2D eigenvalue weighted by Crippen LogP contribution is 2.37. The third-order valence-electron chi connectivity index (χ3n) is 7.92. The van der Waals surface area contributed by atoms with Gasteiger partial charge in [0.05, 0.1) is 0 Å². The van der Waals surface area contributed by atoms with Gasteiger partial charge in [0.15, 0.2) is 5.43 Å². The normalized spacial score (nSPS) is 11.5. The average molecular weight is 515 g/mol. The molecule has 0 aliphatic carbocycles. The van der Waals surface area contributed by atoms with Crippen molar-refractivity contribution in [1.29, 1.82) is 0 Å². The average Bonchev–Trinajstić information content (AvgIpc) is 2.89. The van der Waals surface area contributed by atoms with Crippen molar-refractivity contribution in [1.82, 2.24) is 0 Å². The van der Waals surface area contributed by atoms with E-state index in [2.05, 4.69) is 6.92 Å². The largest absolute Gasteiger partial charge is 0.507 e. The van der Waals surface area contributed by atoms with E-state index in [9.17, 15) is 15.0 Å². The lowest BCUT2D eigenvalue weighted by Crippen LogP contribution is -2.04. The Hall–Kier alpha value is -1.97. The molecule has 2 aromatic rings. The first-order valence-electron chi connectivity index (χ1n) is 15.4. The Morgan fingerprint density at radius 2 is 1.00 bits per heavy atom. The van der Waals surface area contributed by atoms with Crippen LogP contribution in [0.1, 0.15) is 152 Å². The summed E-state index contributed by atoms with van der Waals surface area (Å²) in [5.74, 6) is 0.437. The molecule has 1 aromatic heterocycles. The van der Waals surface area contributed by atoms with Gasteiger partial charge in [0, 0.05) is 23.6 Å². The van der Waals surface area contributed by atoms with Crippen molar-refractivity contribution in [2.45, 2.75) is 156 Å². The molecule has 4 nitrogen and oxygen atoms in total. The van der Waals surface area contributed by atoms with Gasteiger partial charge in [-0.1, -0.05) is 129 Å². The summed E-state index contributed by atoms with van der Waals surface area (Å²) < 4.78 is 5.91. The molecule has 1 heterocycles. The second kappa shape index (κ2) is 18.3. The molecular weight excluding hydrogens is 460 g/mol. The summed E-state index contributed by atoms with van der Waals surface area (Å²) in [6.07, 6.45) is 27.8. The molecule has 0 saturated heterocycles. The number of benzene rings is 1. The molecular formula is C33H54O4. The monoisotopic (exact) mass is 514 g/mol. The number of fused-ring (bicyclic) bond motifs is 1. The molecule has 0 radical (unpaired) electrons. The van der Waals surface area contributed by atoms with Crippen molar-refractivity contribution >= 4 is 11.0 Å². The highest BCUT2D eigenvalue weighted by molar-refractivity contribution is 5.89. The topological polar surface area (TPSA) is 70.7 Å². The van der Waals surface area contributed by atoms with Crippen molar-refractivity contribution < 1.29 is 14.6 Å². The van der Waals surface area contributed by atoms with Crippen LogP contribution in [0, 0.1) is 13.8 Å². The lowest BCUT2D eigenvalue weighted by atomic mass is 10.0. The zero-order valence-electron chi connectivity index (χ0n) is 24.1. The number of phenolic OH excluding ortho intramolecular Hbond substituents is 2. The molecule has 0 amide bonds. The van der Waals surface area contributed by atoms with Crippen LogP contribution < -0.4 is 5.43 Å². The highest BCUT2D eigenvalue weighted by atomic mass is 16.3. The smallest absolute Gasteiger partial charge is 0.196 e. The SMILES string of the molecule is CCCCCCCCCCCCCCCCCCCCCCc1cc(=O)c2c(O)c(C)c(O)c(C)c2o1. The van der Waals surface area contributed by atoms with Gasteiger partial charge in [-0.3, -0.25) is 4.79 Å². The Labute approximate surface area is 225 Å². The van der Waals surface area contributed by atoms with Crippen LogP contribution >= 0.6 is 0 Å². The summed E-state index contributed by atoms with van der Waals surface area (Å²) in [5, 5.41) is 20.6. The highest BCUT2D eigenvalue weighted by Gasteiger charge is 2.18. The predicted octanol–water partition coefficient (Wildman–Crippen LogP) is 10.2. The lowest BCUT2D eigenvalue weighted by Gasteiger charge is -2.11. The van der Waals surface area contributed by atoms with Gasteiger partial charge >= 0.3 is 0 Å². The van der Waals surface area contributed by atoms with E-state index in [1.165, 1.54) is 122 Å². The molecule has 2 N–H and O–H groups in total. The Morgan fingerprint density at radius 1 is 0.595 bits per heavy atom. The van der Waals surface area contributed by atoms with Gasteiger partial charge in [-0.25, -0.2) is 0 Å². The van der Waals surface area contributed by atoms with E-state index < -0.39 is 0 Å². The van der Waals surface area contributed by atoms with Crippen LogP contribution in [-0.4, -0.2) is 10.2 Å². The van der Waals surface area contributed by atoms with Crippen LogP contribution in [0.25, 0.3) is 11.0 Å². The maximum Gasteiger partial charge on any atom is 0.196 e.